The van der Waals surface area contributed by atoms with E-state index < -0.39 is 10.0 Å². The van der Waals surface area contributed by atoms with Crippen molar-refractivity contribution in [3.8, 4) is 0 Å². The minimum absolute atomic E-state index is 0.00847. The monoisotopic (exact) mass is 297 g/mol. The van der Waals surface area contributed by atoms with Crippen molar-refractivity contribution in [1.82, 2.24) is 9.21 Å². The van der Waals surface area contributed by atoms with Gasteiger partial charge in [0.25, 0.3) is 0 Å². The maximum absolute atomic E-state index is 12.3. The highest BCUT2D eigenvalue weighted by Crippen LogP contribution is 2.13. The van der Waals surface area contributed by atoms with E-state index in [-0.39, 0.29) is 5.75 Å². The summed E-state index contributed by atoms with van der Waals surface area (Å²) >= 11 is 0. The van der Waals surface area contributed by atoms with Crippen molar-refractivity contribution < 1.29 is 8.42 Å². The van der Waals surface area contributed by atoms with Gasteiger partial charge in [0.2, 0.25) is 10.0 Å². The highest BCUT2D eigenvalue weighted by atomic mass is 32.2. The molecule has 0 atom stereocenters. The lowest BCUT2D eigenvalue weighted by Gasteiger charge is -2.21. The first kappa shape index (κ1) is 15.3. The molecule has 1 fully saturated rings. The number of anilines is 1. The Morgan fingerprint density at radius 3 is 2.65 bits per heavy atom. The molecule has 2 N–H and O–H groups in total. The highest BCUT2D eigenvalue weighted by Gasteiger charge is 2.20. The molecule has 1 heterocycles. The van der Waals surface area contributed by atoms with Crippen LogP contribution >= 0.6 is 0 Å². The lowest BCUT2D eigenvalue weighted by atomic mass is 10.2. The number of rotatable bonds is 6. The number of benzene rings is 1. The van der Waals surface area contributed by atoms with Gasteiger partial charge in [-0.1, -0.05) is 12.1 Å². The van der Waals surface area contributed by atoms with Gasteiger partial charge in [-0.25, -0.2) is 12.7 Å². The van der Waals surface area contributed by atoms with Crippen molar-refractivity contribution in [1.29, 1.82) is 0 Å². The maximum Gasteiger partial charge on any atom is 0.218 e. The Kier molecular flexibility index (Phi) is 5.01. The minimum Gasteiger partial charge on any atom is -0.399 e. The average Bonchev–Trinajstić information content (AvgIpc) is 2.88. The molecule has 0 aromatic heterocycles. The summed E-state index contributed by atoms with van der Waals surface area (Å²) in [6.07, 6.45) is 2.44. The van der Waals surface area contributed by atoms with Crippen molar-refractivity contribution in [3.05, 3.63) is 29.8 Å². The third-order valence-electron chi connectivity index (χ3n) is 3.70. The van der Waals surface area contributed by atoms with Crippen LogP contribution in [0.4, 0.5) is 5.69 Å². The van der Waals surface area contributed by atoms with Crippen molar-refractivity contribution in [2.45, 2.75) is 18.6 Å². The van der Waals surface area contributed by atoms with E-state index >= 15 is 0 Å². The summed E-state index contributed by atoms with van der Waals surface area (Å²) in [6.45, 7) is 3.53. The van der Waals surface area contributed by atoms with E-state index in [1.54, 1.807) is 31.3 Å². The van der Waals surface area contributed by atoms with E-state index in [9.17, 15) is 8.42 Å². The largest absolute Gasteiger partial charge is 0.399 e. The van der Waals surface area contributed by atoms with E-state index in [4.69, 9.17) is 5.73 Å². The topological polar surface area (TPSA) is 66.6 Å². The molecule has 1 aliphatic heterocycles. The molecule has 112 valence electrons. The molecule has 1 aromatic carbocycles. The van der Waals surface area contributed by atoms with Gasteiger partial charge in [0, 0.05) is 25.8 Å². The van der Waals surface area contributed by atoms with Gasteiger partial charge in [0.05, 0.1) is 5.75 Å². The standard InChI is InChI=1S/C14H23N3O2S/c1-16(9-10-17-7-2-3-8-17)20(18,19)12-13-5-4-6-14(15)11-13/h4-6,11H,2-3,7-10,12,15H2,1H3. The molecule has 1 aliphatic rings. The smallest absolute Gasteiger partial charge is 0.218 e. The van der Waals surface area contributed by atoms with Crippen LogP contribution in [0.5, 0.6) is 0 Å². The van der Waals surface area contributed by atoms with Gasteiger partial charge in [-0.2, -0.15) is 0 Å². The minimum atomic E-state index is -3.27. The van der Waals surface area contributed by atoms with Gasteiger partial charge in [0.1, 0.15) is 0 Å². The van der Waals surface area contributed by atoms with Gasteiger partial charge in [-0.3, -0.25) is 0 Å². The van der Waals surface area contributed by atoms with Crippen molar-refractivity contribution >= 4 is 15.7 Å². The van der Waals surface area contributed by atoms with Crippen molar-refractivity contribution in [2.75, 3.05) is 39.0 Å². The van der Waals surface area contributed by atoms with Gasteiger partial charge < -0.3 is 10.6 Å². The second kappa shape index (κ2) is 6.56. The number of nitrogen functional groups attached to an aromatic ring is 1. The fourth-order valence-corrected chi connectivity index (χ4v) is 3.61. The van der Waals surface area contributed by atoms with Gasteiger partial charge in [-0.15, -0.1) is 0 Å². The number of hydrogen-bond donors (Lipinski definition) is 1. The van der Waals surface area contributed by atoms with Crippen LogP contribution in [0.15, 0.2) is 24.3 Å². The molecule has 20 heavy (non-hydrogen) atoms. The molecule has 0 saturated carbocycles. The molecule has 1 aromatic rings. The predicted octanol–water partition coefficient (Wildman–Crippen LogP) is 1.13. The number of nitrogens with two attached hydrogens (primary N) is 1. The van der Waals surface area contributed by atoms with E-state index in [1.165, 1.54) is 17.1 Å². The lowest BCUT2D eigenvalue weighted by molar-refractivity contribution is 0.310. The zero-order valence-electron chi connectivity index (χ0n) is 12.0. The molecule has 6 heteroatoms. The predicted molar refractivity (Wildman–Crippen MR) is 81.8 cm³/mol. The fraction of sp³-hybridized carbons (Fsp3) is 0.571. The molecular weight excluding hydrogens is 274 g/mol. The molecule has 0 spiro atoms. The van der Waals surface area contributed by atoms with Crippen LogP contribution in [0, 0.1) is 0 Å². The Bertz CT molecular complexity index is 539. The summed E-state index contributed by atoms with van der Waals surface area (Å²) in [7, 11) is -1.62. The summed E-state index contributed by atoms with van der Waals surface area (Å²) < 4.78 is 26.0. The number of likely N-dealkylation sites (N-methyl/N-ethyl adjacent to an activating group) is 1. The van der Waals surface area contributed by atoms with Gasteiger partial charge in [-0.05, 0) is 43.6 Å². The Balaban J connectivity index is 1.91. The Hall–Kier alpha value is -1.11. The van der Waals surface area contributed by atoms with Crippen LogP contribution in [0.2, 0.25) is 0 Å². The molecule has 0 aliphatic carbocycles. The number of hydrogen-bond acceptors (Lipinski definition) is 4. The molecule has 5 nitrogen and oxygen atoms in total. The summed E-state index contributed by atoms with van der Waals surface area (Å²) in [6, 6.07) is 7.05. The first-order chi connectivity index (χ1) is 9.47. The van der Waals surface area contributed by atoms with Crippen LogP contribution in [0.25, 0.3) is 0 Å². The molecular formula is C14H23N3O2S. The summed E-state index contributed by atoms with van der Waals surface area (Å²) in [4.78, 5) is 2.31. The molecule has 0 radical (unpaired) electrons. The van der Waals surface area contributed by atoms with E-state index in [1.807, 2.05) is 0 Å². The first-order valence-corrected chi connectivity index (χ1v) is 8.59. The second-order valence-corrected chi connectivity index (χ2v) is 7.45. The number of sulfonamides is 1. The normalized spacial score (nSPS) is 16.9. The molecule has 1 saturated heterocycles. The quantitative estimate of drug-likeness (QED) is 0.799. The van der Waals surface area contributed by atoms with Crippen molar-refractivity contribution in [2.24, 2.45) is 0 Å². The van der Waals surface area contributed by atoms with Crippen LogP contribution < -0.4 is 5.73 Å². The highest BCUT2D eigenvalue weighted by molar-refractivity contribution is 7.88. The molecule has 0 unspecified atom stereocenters. The van der Waals surface area contributed by atoms with Crippen LogP contribution in [-0.2, 0) is 15.8 Å². The van der Waals surface area contributed by atoms with Gasteiger partial charge in [0.15, 0.2) is 0 Å². The Labute approximate surface area is 121 Å². The summed E-state index contributed by atoms with van der Waals surface area (Å²) in [5.74, 6) is 0.00847. The third-order valence-corrected chi connectivity index (χ3v) is 5.54. The van der Waals surface area contributed by atoms with Crippen molar-refractivity contribution in [3.63, 3.8) is 0 Å². The van der Waals surface area contributed by atoms with E-state index in [0.717, 1.165) is 25.2 Å². The van der Waals surface area contributed by atoms with E-state index in [2.05, 4.69) is 4.90 Å². The maximum atomic E-state index is 12.3. The number of likely N-dealkylation sites (tertiary alicyclic amines) is 1. The SMILES string of the molecule is CN(CCN1CCCC1)S(=O)(=O)Cc1cccc(N)c1. The first-order valence-electron chi connectivity index (χ1n) is 6.98. The molecule has 0 bridgehead atoms. The zero-order chi connectivity index (χ0) is 14.6. The second-order valence-electron chi connectivity index (χ2n) is 5.37. The van der Waals surface area contributed by atoms with E-state index in [0.29, 0.717) is 12.2 Å². The van der Waals surface area contributed by atoms with Crippen LogP contribution in [0.3, 0.4) is 0 Å². The Morgan fingerprint density at radius 1 is 1.30 bits per heavy atom. The summed E-state index contributed by atoms with van der Waals surface area (Å²) in [5.41, 5.74) is 7.01. The third kappa shape index (κ3) is 4.19. The fourth-order valence-electron chi connectivity index (χ4n) is 2.43. The lowest BCUT2D eigenvalue weighted by Crippen LogP contribution is -2.35. The molecule has 2 rings (SSSR count). The van der Waals surface area contributed by atoms with Gasteiger partial charge >= 0.3 is 0 Å². The molecule has 0 amide bonds. The zero-order valence-corrected chi connectivity index (χ0v) is 12.8. The summed E-state index contributed by atoms with van der Waals surface area (Å²) in [5, 5.41) is 0. The average molecular weight is 297 g/mol. The number of nitrogens with zero attached hydrogens (tertiary/aromatic N) is 2. The van der Waals surface area contributed by atoms with Crippen LogP contribution in [0.1, 0.15) is 18.4 Å². The van der Waals surface area contributed by atoms with Crippen LogP contribution in [-0.4, -0.2) is 50.8 Å². The Morgan fingerprint density at radius 2 is 2.00 bits per heavy atom.